The highest BCUT2D eigenvalue weighted by Gasteiger charge is 2.12. The molecule has 0 heterocycles. The minimum atomic E-state index is -0.437. The van der Waals surface area contributed by atoms with E-state index in [-0.39, 0.29) is 6.54 Å². The fourth-order valence-electron chi connectivity index (χ4n) is 2.21. The minimum absolute atomic E-state index is 0.201. The van der Waals surface area contributed by atoms with E-state index in [2.05, 4.69) is 15.8 Å². The Labute approximate surface area is 158 Å². The molecule has 0 unspecified atom stereocenters. The smallest absolute Gasteiger partial charge is 0.259 e. The first-order valence-corrected chi connectivity index (χ1v) is 8.60. The number of carbonyl (C=O) groups is 2. The Balaban J connectivity index is 1.82. The predicted molar refractivity (Wildman–Crippen MR) is 103 cm³/mol. The first kappa shape index (κ1) is 20.0. The lowest BCUT2D eigenvalue weighted by Gasteiger charge is -2.08. The van der Waals surface area contributed by atoms with Gasteiger partial charge in [-0.05, 0) is 36.2 Å². The van der Waals surface area contributed by atoms with Gasteiger partial charge in [-0.25, -0.2) is 5.43 Å². The molecule has 0 aliphatic rings. The van der Waals surface area contributed by atoms with Crippen LogP contribution in [-0.2, 0) is 4.79 Å². The van der Waals surface area contributed by atoms with Gasteiger partial charge in [-0.15, -0.1) is 0 Å². The molecule has 0 fully saturated rings. The van der Waals surface area contributed by atoms with Crippen LogP contribution >= 0.6 is 0 Å². The summed E-state index contributed by atoms with van der Waals surface area (Å²) in [6, 6.07) is 14.2. The number of hydrogen-bond acceptors (Lipinski definition) is 5. The van der Waals surface area contributed by atoms with E-state index in [1.807, 2.05) is 31.2 Å². The Morgan fingerprint density at radius 1 is 1.15 bits per heavy atom. The third kappa shape index (κ3) is 6.47. The number of nitrogens with one attached hydrogen (secondary N) is 2. The SMILES string of the molecule is CCCOc1cccc(C=NNC(=O)CNC(=O)c2ccccc2OC)c1. The number of hydrogen-bond donors (Lipinski definition) is 2. The molecule has 0 bridgehead atoms. The van der Waals surface area contributed by atoms with Crippen molar-refractivity contribution >= 4 is 18.0 Å². The number of benzene rings is 2. The summed E-state index contributed by atoms with van der Waals surface area (Å²) in [5.41, 5.74) is 3.53. The van der Waals surface area contributed by atoms with Crippen molar-refractivity contribution in [2.75, 3.05) is 20.3 Å². The van der Waals surface area contributed by atoms with Crippen molar-refractivity contribution < 1.29 is 19.1 Å². The van der Waals surface area contributed by atoms with Gasteiger partial charge in [0.05, 0.1) is 32.0 Å². The highest BCUT2D eigenvalue weighted by atomic mass is 16.5. The molecule has 2 N–H and O–H groups in total. The molecule has 142 valence electrons. The molecule has 0 atom stereocenters. The van der Waals surface area contributed by atoms with Crippen molar-refractivity contribution in [1.29, 1.82) is 0 Å². The lowest BCUT2D eigenvalue weighted by Crippen LogP contribution is -2.35. The lowest BCUT2D eigenvalue weighted by atomic mass is 10.2. The van der Waals surface area contributed by atoms with Crippen LogP contribution in [0.5, 0.6) is 11.5 Å². The Morgan fingerprint density at radius 3 is 2.74 bits per heavy atom. The molecule has 27 heavy (non-hydrogen) atoms. The van der Waals surface area contributed by atoms with E-state index in [9.17, 15) is 9.59 Å². The van der Waals surface area contributed by atoms with Crippen molar-refractivity contribution in [2.45, 2.75) is 13.3 Å². The zero-order valence-corrected chi connectivity index (χ0v) is 15.4. The molecule has 0 aliphatic carbocycles. The van der Waals surface area contributed by atoms with Gasteiger partial charge < -0.3 is 14.8 Å². The van der Waals surface area contributed by atoms with Crippen molar-refractivity contribution in [3.8, 4) is 11.5 Å². The second-order valence-electron chi connectivity index (χ2n) is 5.60. The highest BCUT2D eigenvalue weighted by molar-refractivity contribution is 5.98. The zero-order valence-electron chi connectivity index (χ0n) is 15.4. The summed E-state index contributed by atoms with van der Waals surface area (Å²) in [5.74, 6) is 0.357. The van der Waals surface area contributed by atoms with Gasteiger partial charge in [-0.3, -0.25) is 9.59 Å². The van der Waals surface area contributed by atoms with Crippen LogP contribution in [0.1, 0.15) is 29.3 Å². The normalized spacial score (nSPS) is 10.4. The van der Waals surface area contributed by atoms with Crippen LogP contribution in [0.4, 0.5) is 0 Å². The Morgan fingerprint density at radius 2 is 1.96 bits per heavy atom. The van der Waals surface area contributed by atoms with E-state index < -0.39 is 11.8 Å². The minimum Gasteiger partial charge on any atom is -0.496 e. The molecule has 0 saturated carbocycles. The molecule has 0 spiro atoms. The lowest BCUT2D eigenvalue weighted by molar-refractivity contribution is -0.120. The molecule has 0 radical (unpaired) electrons. The molecule has 0 aliphatic heterocycles. The Kier molecular flexibility index (Phi) is 7.84. The summed E-state index contributed by atoms with van der Waals surface area (Å²) < 4.78 is 10.7. The van der Waals surface area contributed by atoms with E-state index in [0.29, 0.717) is 17.9 Å². The molecule has 0 saturated heterocycles. The number of hydrazone groups is 1. The topological polar surface area (TPSA) is 89.0 Å². The second-order valence-corrected chi connectivity index (χ2v) is 5.60. The fourth-order valence-corrected chi connectivity index (χ4v) is 2.21. The molecule has 2 aromatic carbocycles. The third-order valence-corrected chi connectivity index (χ3v) is 3.49. The quantitative estimate of drug-likeness (QED) is 0.525. The number of para-hydroxylation sites is 1. The standard InChI is InChI=1S/C20H23N3O4/c1-3-11-27-16-8-6-7-15(12-16)13-22-23-19(24)14-21-20(25)17-9-4-5-10-18(17)26-2/h4-10,12-13H,3,11,14H2,1-2H3,(H,21,25)(H,23,24). The molecular formula is C20H23N3O4. The van der Waals surface area contributed by atoms with E-state index >= 15 is 0 Å². The van der Waals surface area contributed by atoms with Crippen molar-refractivity contribution in [3.63, 3.8) is 0 Å². The molecule has 7 nitrogen and oxygen atoms in total. The molecule has 7 heteroatoms. The van der Waals surface area contributed by atoms with Crippen LogP contribution in [0, 0.1) is 0 Å². The zero-order chi connectivity index (χ0) is 19.5. The molecule has 2 aromatic rings. The maximum Gasteiger partial charge on any atom is 0.259 e. The summed E-state index contributed by atoms with van der Waals surface area (Å²) >= 11 is 0. The number of nitrogens with zero attached hydrogens (tertiary/aromatic N) is 1. The van der Waals surface area contributed by atoms with Gasteiger partial charge in [0.1, 0.15) is 11.5 Å². The average molecular weight is 369 g/mol. The van der Waals surface area contributed by atoms with E-state index in [0.717, 1.165) is 17.7 Å². The number of ether oxygens (including phenoxy) is 2. The fraction of sp³-hybridized carbons (Fsp3) is 0.250. The predicted octanol–water partition coefficient (Wildman–Crippen LogP) is 2.36. The van der Waals surface area contributed by atoms with E-state index in [1.54, 1.807) is 24.3 Å². The number of amides is 2. The van der Waals surface area contributed by atoms with Gasteiger partial charge in [-0.1, -0.05) is 31.2 Å². The summed E-state index contributed by atoms with van der Waals surface area (Å²) in [5, 5.41) is 6.42. The summed E-state index contributed by atoms with van der Waals surface area (Å²) in [6.07, 6.45) is 2.44. The van der Waals surface area contributed by atoms with Crippen molar-refractivity contribution in [2.24, 2.45) is 5.10 Å². The van der Waals surface area contributed by atoms with Crippen LogP contribution in [0.15, 0.2) is 53.6 Å². The molecule has 2 rings (SSSR count). The monoisotopic (exact) mass is 369 g/mol. The Bertz CT molecular complexity index is 805. The average Bonchev–Trinajstić information content (AvgIpc) is 2.70. The number of methoxy groups -OCH3 is 1. The van der Waals surface area contributed by atoms with Crippen molar-refractivity contribution in [1.82, 2.24) is 10.7 Å². The van der Waals surface area contributed by atoms with Gasteiger partial charge in [-0.2, -0.15) is 5.10 Å². The van der Waals surface area contributed by atoms with Crippen LogP contribution in [0.25, 0.3) is 0 Å². The van der Waals surface area contributed by atoms with E-state index in [4.69, 9.17) is 9.47 Å². The van der Waals surface area contributed by atoms with Crippen LogP contribution in [0.2, 0.25) is 0 Å². The molecular weight excluding hydrogens is 346 g/mol. The van der Waals surface area contributed by atoms with Crippen LogP contribution in [0.3, 0.4) is 0 Å². The maximum absolute atomic E-state index is 12.1. The van der Waals surface area contributed by atoms with Crippen LogP contribution < -0.4 is 20.2 Å². The summed E-state index contributed by atoms with van der Waals surface area (Å²) in [6.45, 7) is 2.48. The molecule has 2 amide bonds. The largest absolute Gasteiger partial charge is 0.496 e. The van der Waals surface area contributed by atoms with Crippen molar-refractivity contribution in [3.05, 3.63) is 59.7 Å². The van der Waals surface area contributed by atoms with Gasteiger partial charge >= 0.3 is 0 Å². The number of carbonyl (C=O) groups excluding carboxylic acids is 2. The first-order chi connectivity index (χ1) is 13.1. The van der Waals surface area contributed by atoms with Gasteiger partial charge in [0.2, 0.25) is 0 Å². The highest BCUT2D eigenvalue weighted by Crippen LogP contribution is 2.16. The van der Waals surface area contributed by atoms with Gasteiger partial charge in [0, 0.05) is 0 Å². The maximum atomic E-state index is 12.1. The van der Waals surface area contributed by atoms with Crippen LogP contribution in [-0.4, -0.2) is 38.3 Å². The summed E-state index contributed by atoms with van der Waals surface area (Å²) in [4.78, 5) is 24.0. The van der Waals surface area contributed by atoms with Gasteiger partial charge in [0.25, 0.3) is 11.8 Å². The Hall–Kier alpha value is -3.35. The van der Waals surface area contributed by atoms with Gasteiger partial charge in [0.15, 0.2) is 0 Å². The second kappa shape index (κ2) is 10.6. The first-order valence-electron chi connectivity index (χ1n) is 8.60. The molecule has 0 aromatic heterocycles. The summed E-state index contributed by atoms with van der Waals surface area (Å²) in [7, 11) is 1.48. The number of rotatable bonds is 9. The van der Waals surface area contributed by atoms with E-state index in [1.165, 1.54) is 13.3 Å². The third-order valence-electron chi connectivity index (χ3n) is 3.49.